The third kappa shape index (κ3) is 1.10. The average Bonchev–Trinajstić information content (AvgIpc) is 2.14. The van der Waals surface area contributed by atoms with Gasteiger partial charge in [-0.2, -0.15) is 0 Å². The summed E-state index contributed by atoms with van der Waals surface area (Å²) in [6, 6.07) is 0. The Morgan fingerprint density at radius 2 is 2.62 bits per heavy atom. The van der Waals surface area contributed by atoms with Crippen molar-refractivity contribution in [1.29, 1.82) is 0 Å². The molecule has 0 aromatic rings. The van der Waals surface area contributed by atoms with Crippen molar-refractivity contribution in [2.24, 2.45) is 0 Å². The Morgan fingerprint density at radius 1 is 1.88 bits per heavy atom. The molecule has 0 aromatic carbocycles. The molecule has 0 amide bonds. The number of hydrogen-bond donors (Lipinski definition) is 0. The van der Waals surface area contributed by atoms with E-state index < -0.39 is 0 Å². The molecule has 0 spiro atoms. The Bertz CT molecular complexity index is 105. The van der Waals surface area contributed by atoms with Crippen molar-refractivity contribution in [2.45, 2.75) is 26.4 Å². The smallest absolute Gasteiger partial charge is 0.0760 e. The highest BCUT2D eigenvalue weighted by atomic mass is 16.5. The molecule has 0 bridgehead atoms. The Labute approximate surface area is 50.3 Å². The van der Waals surface area contributed by atoms with Crippen LogP contribution in [0, 0.1) is 0 Å². The molecule has 1 rings (SSSR count). The van der Waals surface area contributed by atoms with Crippen molar-refractivity contribution in [2.75, 3.05) is 6.61 Å². The molecule has 0 N–H and O–H groups in total. The Morgan fingerprint density at radius 3 is 2.88 bits per heavy atom. The maximum atomic E-state index is 5.32. The molecule has 0 radical (unpaired) electrons. The molecule has 1 heterocycles. The van der Waals surface area contributed by atoms with E-state index in [2.05, 4.69) is 19.9 Å². The lowest BCUT2D eigenvalue weighted by molar-refractivity contribution is 0.123. The Balaban J connectivity index is 2.41. The van der Waals surface area contributed by atoms with E-state index in [-0.39, 0.29) is 0 Å². The highest BCUT2D eigenvalue weighted by molar-refractivity contribution is 5.07. The van der Waals surface area contributed by atoms with Crippen LogP contribution < -0.4 is 0 Å². The van der Waals surface area contributed by atoms with Gasteiger partial charge in [0.05, 0.1) is 12.7 Å². The molecule has 0 fully saturated rings. The minimum atomic E-state index is 0.412. The monoisotopic (exact) mass is 112 g/mol. The third-order valence-electron chi connectivity index (χ3n) is 1.40. The lowest BCUT2D eigenvalue weighted by Crippen LogP contribution is -2.00. The fourth-order valence-electron chi connectivity index (χ4n) is 0.888. The number of hydrogen-bond acceptors (Lipinski definition) is 1. The van der Waals surface area contributed by atoms with Crippen molar-refractivity contribution < 1.29 is 4.74 Å². The molecule has 1 heteroatoms. The summed E-state index contributed by atoms with van der Waals surface area (Å²) in [5.41, 5.74) is 1.37. The standard InChI is InChI=1S/C7H12O/c1-3-7-4-6(2)5-8-7/h4,7H,3,5H2,1-2H3. The highest BCUT2D eigenvalue weighted by Gasteiger charge is 2.09. The van der Waals surface area contributed by atoms with Crippen LogP contribution in [0.4, 0.5) is 0 Å². The van der Waals surface area contributed by atoms with Crippen LogP contribution in [0.25, 0.3) is 0 Å². The summed E-state index contributed by atoms with van der Waals surface area (Å²) in [6.07, 6.45) is 3.71. The predicted molar refractivity (Wildman–Crippen MR) is 33.8 cm³/mol. The van der Waals surface area contributed by atoms with Gasteiger partial charge in [0, 0.05) is 0 Å². The molecule has 1 unspecified atom stereocenters. The topological polar surface area (TPSA) is 9.23 Å². The van der Waals surface area contributed by atoms with Gasteiger partial charge in [-0.15, -0.1) is 0 Å². The van der Waals surface area contributed by atoms with Gasteiger partial charge in [0.15, 0.2) is 0 Å². The second-order valence-corrected chi connectivity index (χ2v) is 2.27. The number of rotatable bonds is 1. The summed E-state index contributed by atoms with van der Waals surface area (Å²) in [6.45, 7) is 5.09. The lowest BCUT2D eigenvalue weighted by Gasteiger charge is -2.00. The zero-order chi connectivity index (χ0) is 5.98. The first-order valence-electron chi connectivity index (χ1n) is 3.12. The molecule has 1 atom stereocenters. The van der Waals surface area contributed by atoms with Crippen molar-refractivity contribution in [3.05, 3.63) is 11.6 Å². The molecule has 0 saturated carbocycles. The van der Waals surface area contributed by atoms with E-state index in [0.717, 1.165) is 13.0 Å². The van der Waals surface area contributed by atoms with Crippen molar-refractivity contribution in [1.82, 2.24) is 0 Å². The largest absolute Gasteiger partial charge is 0.370 e. The average molecular weight is 112 g/mol. The maximum absolute atomic E-state index is 5.32. The van der Waals surface area contributed by atoms with Crippen LogP contribution in [0.15, 0.2) is 11.6 Å². The second-order valence-electron chi connectivity index (χ2n) is 2.27. The zero-order valence-corrected chi connectivity index (χ0v) is 5.48. The molecule has 8 heavy (non-hydrogen) atoms. The SMILES string of the molecule is CCC1C=C(C)CO1. The summed E-state index contributed by atoms with van der Waals surface area (Å²) in [5.74, 6) is 0. The van der Waals surface area contributed by atoms with Crippen molar-refractivity contribution >= 4 is 0 Å². The summed E-state index contributed by atoms with van der Waals surface area (Å²) < 4.78 is 5.32. The van der Waals surface area contributed by atoms with Gasteiger partial charge in [-0.25, -0.2) is 0 Å². The van der Waals surface area contributed by atoms with Crippen molar-refractivity contribution in [3.8, 4) is 0 Å². The van der Waals surface area contributed by atoms with E-state index in [9.17, 15) is 0 Å². The maximum Gasteiger partial charge on any atom is 0.0760 e. The molecular formula is C7H12O. The van der Waals surface area contributed by atoms with Crippen LogP contribution in [0.5, 0.6) is 0 Å². The summed E-state index contributed by atoms with van der Waals surface area (Å²) in [5, 5.41) is 0. The third-order valence-corrected chi connectivity index (χ3v) is 1.40. The fourth-order valence-corrected chi connectivity index (χ4v) is 0.888. The lowest BCUT2D eigenvalue weighted by atomic mass is 10.2. The first-order chi connectivity index (χ1) is 3.83. The molecular weight excluding hydrogens is 100 g/mol. The van der Waals surface area contributed by atoms with E-state index in [1.54, 1.807) is 0 Å². The van der Waals surface area contributed by atoms with Crippen LogP contribution in [-0.2, 0) is 4.74 Å². The molecule has 0 aromatic heterocycles. The molecule has 0 saturated heterocycles. The van der Waals surface area contributed by atoms with Crippen LogP contribution in [0.2, 0.25) is 0 Å². The molecule has 1 nitrogen and oxygen atoms in total. The minimum Gasteiger partial charge on any atom is -0.370 e. The van der Waals surface area contributed by atoms with Crippen LogP contribution in [-0.4, -0.2) is 12.7 Å². The first kappa shape index (κ1) is 5.83. The van der Waals surface area contributed by atoms with Crippen LogP contribution in [0.3, 0.4) is 0 Å². The normalized spacial score (nSPS) is 28.2. The Kier molecular flexibility index (Phi) is 1.69. The summed E-state index contributed by atoms with van der Waals surface area (Å²) in [7, 11) is 0. The van der Waals surface area contributed by atoms with E-state index in [4.69, 9.17) is 4.74 Å². The number of ether oxygens (including phenoxy) is 1. The van der Waals surface area contributed by atoms with E-state index in [0.29, 0.717) is 6.10 Å². The van der Waals surface area contributed by atoms with Gasteiger partial charge < -0.3 is 4.74 Å². The highest BCUT2D eigenvalue weighted by Crippen LogP contribution is 2.12. The fraction of sp³-hybridized carbons (Fsp3) is 0.714. The minimum absolute atomic E-state index is 0.412. The quantitative estimate of drug-likeness (QED) is 0.469. The van der Waals surface area contributed by atoms with Gasteiger partial charge in [-0.3, -0.25) is 0 Å². The van der Waals surface area contributed by atoms with Crippen LogP contribution in [0.1, 0.15) is 20.3 Å². The van der Waals surface area contributed by atoms with Crippen LogP contribution >= 0.6 is 0 Å². The zero-order valence-electron chi connectivity index (χ0n) is 5.48. The van der Waals surface area contributed by atoms with E-state index >= 15 is 0 Å². The van der Waals surface area contributed by atoms with Gasteiger partial charge >= 0.3 is 0 Å². The van der Waals surface area contributed by atoms with Gasteiger partial charge in [0.2, 0.25) is 0 Å². The molecule has 46 valence electrons. The summed E-state index contributed by atoms with van der Waals surface area (Å²) >= 11 is 0. The molecule has 1 aliphatic rings. The van der Waals surface area contributed by atoms with Gasteiger partial charge in [0.25, 0.3) is 0 Å². The van der Waals surface area contributed by atoms with E-state index in [1.807, 2.05) is 0 Å². The molecule has 1 aliphatic heterocycles. The van der Waals surface area contributed by atoms with Gasteiger partial charge in [-0.05, 0) is 18.9 Å². The Hall–Kier alpha value is -0.300. The van der Waals surface area contributed by atoms with E-state index in [1.165, 1.54) is 5.57 Å². The first-order valence-corrected chi connectivity index (χ1v) is 3.12. The molecule has 0 aliphatic carbocycles. The predicted octanol–water partition coefficient (Wildman–Crippen LogP) is 1.74. The second kappa shape index (κ2) is 2.31. The van der Waals surface area contributed by atoms with Gasteiger partial charge in [0.1, 0.15) is 0 Å². The van der Waals surface area contributed by atoms with Crippen molar-refractivity contribution in [3.63, 3.8) is 0 Å². The summed E-state index contributed by atoms with van der Waals surface area (Å²) in [4.78, 5) is 0. The van der Waals surface area contributed by atoms with Gasteiger partial charge in [-0.1, -0.05) is 13.0 Å².